The van der Waals surface area contributed by atoms with E-state index in [0.717, 1.165) is 49.5 Å². The summed E-state index contributed by atoms with van der Waals surface area (Å²) < 4.78 is 30.4. The van der Waals surface area contributed by atoms with Gasteiger partial charge >= 0.3 is 5.92 Å². The highest BCUT2D eigenvalue weighted by molar-refractivity contribution is 5.77. The van der Waals surface area contributed by atoms with Crippen LogP contribution in [-0.2, 0) is 10.2 Å². The van der Waals surface area contributed by atoms with Crippen LogP contribution in [0.15, 0.2) is 46.6 Å². The maximum atomic E-state index is 15.2. The second-order valence-electron chi connectivity index (χ2n) is 12.8. The fraction of sp³-hybridized carbons (Fsp3) is 0.594. The Morgan fingerprint density at radius 2 is 1.78 bits per heavy atom. The number of rotatable bonds is 3. The van der Waals surface area contributed by atoms with E-state index in [2.05, 4.69) is 45.0 Å². The molecule has 1 aromatic rings. The highest BCUT2D eigenvalue weighted by Gasteiger charge is 2.71. The van der Waals surface area contributed by atoms with Crippen LogP contribution in [0.4, 0.5) is 8.78 Å². The minimum absolute atomic E-state index is 0.0101. The molecular weight excluding hydrogens is 454 g/mol. The Balaban J connectivity index is 1.70. The van der Waals surface area contributed by atoms with Crippen LogP contribution in [0.2, 0.25) is 0 Å². The first kappa shape index (κ1) is 25.4. The number of terminal acetylenes is 1. The van der Waals surface area contributed by atoms with E-state index >= 15 is 8.78 Å². The first-order chi connectivity index (χ1) is 16.9. The van der Waals surface area contributed by atoms with Crippen molar-refractivity contribution in [1.29, 1.82) is 0 Å². The summed E-state index contributed by atoms with van der Waals surface area (Å²) in [6.07, 6.45) is 11.7. The number of aldehydes is 1. The fourth-order valence-electron chi connectivity index (χ4n) is 8.20. The van der Waals surface area contributed by atoms with Gasteiger partial charge in [0.15, 0.2) is 0 Å². The number of carbonyl (C=O) groups excluding carboxylic acids is 1. The van der Waals surface area contributed by atoms with Crippen molar-refractivity contribution in [2.75, 3.05) is 0 Å². The van der Waals surface area contributed by atoms with Gasteiger partial charge in [-0.2, -0.15) is 8.78 Å². The summed E-state index contributed by atoms with van der Waals surface area (Å²) in [7, 11) is 0. The average Bonchev–Trinajstić information content (AvgIpc) is 3.14. The lowest BCUT2D eigenvalue weighted by molar-refractivity contribution is -0.209. The molecular formula is C32H38F2O2. The summed E-state index contributed by atoms with van der Waals surface area (Å²) in [6, 6.07) is 8.60. The topological polar surface area (TPSA) is 37.3 Å². The number of hydrogen-bond donors (Lipinski definition) is 1. The van der Waals surface area contributed by atoms with Gasteiger partial charge in [0.2, 0.25) is 0 Å². The lowest BCUT2D eigenvalue weighted by Crippen LogP contribution is -2.60. The largest absolute Gasteiger partial charge is 0.382 e. The molecule has 5 atom stereocenters. The predicted octanol–water partition coefficient (Wildman–Crippen LogP) is 7.27. The first-order valence-corrected chi connectivity index (χ1v) is 13.5. The molecule has 36 heavy (non-hydrogen) atoms. The van der Waals surface area contributed by atoms with Crippen molar-refractivity contribution in [3.8, 4) is 12.3 Å². The van der Waals surface area contributed by atoms with Crippen LogP contribution in [0.25, 0.3) is 0 Å². The number of carbonyl (C=O) groups is 1. The molecule has 1 N–H and O–H groups in total. The zero-order valence-electron chi connectivity index (χ0n) is 22.0. The third kappa shape index (κ3) is 3.49. The summed E-state index contributed by atoms with van der Waals surface area (Å²) in [5, 5.41) is 11.6. The van der Waals surface area contributed by atoms with Crippen LogP contribution in [0.1, 0.15) is 96.1 Å². The van der Waals surface area contributed by atoms with Crippen LogP contribution in [0.5, 0.6) is 0 Å². The normalized spacial score (nSPS) is 34.6. The predicted molar refractivity (Wildman–Crippen MR) is 139 cm³/mol. The van der Waals surface area contributed by atoms with Crippen molar-refractivity contribution < 1.29 is 18.7 Å². The molecule has 0 aromatic heterocycles. The number of allylic oxidation sites excluding steroid dienone is 4. The fourth-order valence-corrected chi connectivity index (χ4v) is 8.20. The molecule has 2 nitrogen and oxygen atoms in total. The minimum Gasteiger partial charge on any atom is -0.382 e. The number of fused-ring (bicyclic) bond motifs is 4. The van der Waals surface area contributed by atoms with Crippen molar-refractivity contribution in [2.45, 2.75) is 102 Å². The molecule has 0 aliphatic heterocycles. The first-order valence-electron chi connectivity index (χ1n) is 13.5. The molecule has 5 rings (SSSR count). The van der Waals surface area contributed by atoms with Crippen LogP contribution in [0, 0.1) is 29.6 Å². The Bertz CT molecular complexity index is 1180. The maximum absolute atomic E-state index is 15.2. The Morgan fingerprint density at radius 3 is 2.39 bits per heavy atom. The summed E-state index contributed by atoms with van der Waals surface area (Å²) in [5.41, 5.74) is 3.86. The van der Waals surface area contributed by atoms with Crippen LogP contribution >= 0.6 is 0 Å². The van der Waals surface area contributed by atoms with E-state index in [9.17, 15) is 9.90 Å². The van der Waals surface area contributed by atoms with Crippen molar-refractivity contribution in [1.82, 2.24) is 0 Å². The highest BCUT2D eigenvalue weighted by Crippen LogP contribution is 2.69. The molecule has 192 valence electrons. The average molecular weight is 493 g/mol. The number of benzene rings is 1. The number of hydrogen-bond acceptors (Lipinski definition) is 2. The second kappa shape index (κ2) is 8.38. The molecule has 0 radical (unpaired) electrons. The molecule has 2 fully saturated rings. The Hall–Kier alpha value is -2.25. The Morgan fingerprint density at radius 1 is 1.08 bits per heavy atom. The van der Waals surface area contributed by atoms with E-state index in [1.54, 1.807) is 5.92 Å². The second-order valence-corrected chi connectivity index (χ2v) is 12.8. The smallest absolute Gasteiger partial charge is 0.336 e. The number of aliphatic hydroxyl groups is 1. The molecule has 0 heterocycles. The van der Waals surface area contributed by atoms with Crippen molar-refractivity contribution in [3.05, 3.63) is 57.7 Å². The van der Waals surface area contributed by atoms with Crippen LogP contribution in [0.3, 0.4) is 0 Å². The lowest BCUT2D eigenvalue weighted by Gasteiger charge is -2.55. The maximum Gasteiger partial charge on any atom is 0.336 e. The van der Waals surface area contributed by atoms with E-state index in [-0.39, 0.29) is 29.6 Å². The molecule has 4 aliphatic carbocycles. The Labute approximate surface area is 214 Å². The van der Waals surface area contributed by atoms with E-state index in [4.69, 9.17) is 6.42 Å². The number of alkyl halides is 2. The van der Waals surface area contributed by atoms with Gasteiger partial charge in [0.05, 0.1) is 0 Å². The van der Waals surface area contributed by atoms with E-state index < -0.39 is 16.9 Å². The number of halogens is 2. The van der Waals surface area contributed by atoms with Gasteiger partial charge in [-0.3, -0.25) is 4.79 Å². The summed E-state index contributed by atoms with van der Waals surface area (Å²) >= 11 is 0. The highest BCUT2D eigenvalue weighted by atomic mass is 19.3. The van der Waals surface area contributed by atoms with Gasteiger partial charge in [0.25, 0.3) is 0 Å². The van der Waals surface area contributed by atoms with Crippen molar-refractivity contribution in [3.63, 3.8) is 0 Å². The molecule has 4 heteroatoms. The van der Waals surface area contributed by atoms with Gasteiger partial charge in [0.1, 0.15) is 11.9 Å². The van der Waals surface area contributed by atoms with Crippen molar-refractivity contribution >= 4 is 6.29 Å². The van der Waals surface area contributed by atoms with E-state index in [0.29, 0.717) is 12.8 Å². The zero-order chi connectivity index (χ0) is 26.1. The van der Waals surface area contributed by atoms with E-state index in [1.165, 1.54) is 22.3 Å². The molecule has 4 aliphatic rings. The molecule has 0 spiro atoms. The van der Waals surface area contributed by atoms with Gasteiger partial charge in [0, 0.05) is 11.3 Å². The molecule has 0 amide bonds. The van der Waals surface area contributed by atoms with Crippen LogP contribution < -0.4 is 0 Å². The van der Waals surface area contributed by atoms with Crippen LogP contribution in [-0.4, -0.2) is 22.9 Å². The molecule has 2 saturated carbocycles. The molecule has 0 saturated heterocycles. The zero-order valence-corrected chi connectivity index (χ0v) is 22.0. The quantitative estimate of drug-likeness (QED) is 0.356. The van der Waals surface area contributed by atoms with Gasteiger partial charge in [-0.1, -0.05) is 57.5 Å². The van der Waals surface area contributed by atoms with Gasteiger partial charge in [-0.25, -0.2) is 0 Å². The van der Waals surface area contributed by atoms with Gasteiger partial charge < -0.3 is 5.11 Å². The minimum atomic E-state index is -3.59. The lowest BCUT2D eigenvalue weighted by atomic mass is 9.50. The Kier molecular flexibility index (Phi) is 5.92. The van der Waals surface area contributed by atoms with Gasteiger partial charge in [-0.05, 0) is 102 Å². The molecule has 0 bridgehead atoms. The summed E-state index contributed by atoms with van der Waals surface area (Å²) in [6.45, 7) is 8.39. The molecule has 3 unspecified atom stereocenters. The third-order valence-electron chi connectivity index (χ3n) is 10.2. The van der Waals surface area contributed by atoms with Gasteiger partial charge in [-0.15, -0.1) is 6.42 Å². The van der Waals surface area contributed by atoms with E-state index in [1.807, 2.05) is 6.92 Å². The third-order valence-corrected chi connectivity index (χ3v) is 10.2. The summed E-state index contributed by atoms with van der Waals surface area (Å²) in [5.74, 6) is -1.96. The summed E-state index contributed by atoms with van der Waals surface area (Å²) in [4.78, 5) is 11.9. The SMILES string of the molecule is C#CC(F)(F)[C@]1(O)CCC2C3CCC4=C(C=O)CCCC4=C3C(c3ccc(C(C)(C)C)cc3)C[C@@]21C. The standard InChI is InChI=1S/C32H38F2O2/c1-6-32(33,34)31(36)17-16-27-25-15-14-23-21(19-35)8-7-9-24(23)28(25)26(18-30(27,31)5)20-10-12-22(13-11-20)29(2,3)4/h1,10-13,19,25-27,36H,7-9,14-18H2,2-5H3/t25?,26?,27?,30-,31-/m0/s1. The molecule has 1 aromatic carbocycles. The van der Waals surface area contributed by atoms with Crippen molar-refractivity contribution in [2.24, 2.45) is 17.3 Å². The monoisotopic (exact) mass is 492 g/mol.